The summed E-state index contributed by atoms with van der Waals surface area (Å²) in [7, 11) is 0. The molecule has 30 heavy (non-hydrogen) atoms. The first-order valence-electron chi connectivity index (χ1n) is 10.9. The number of ether oxygens (including phenoxy) is 1. The lowest BCUT2D eigenvalue weighted by atomic mass is 9.94. The third-order valence-electron chi connectivity index (χ3n) is 6.10. The van der Waals surface area contributed by atoms with E-state index >= 15 is 0 Å². The largest absolute Gasteiger partial charge is 0.372 e. The first-order valence-corrected chi connectivity index (χ1v) is 12.1. The fourth-order valence-corrected chi connectivity index (χ4v) is 5.00. The lowest BCUT2D eigenvalue weighted by Gasteiger charge is -2.39. The number of carbonyl (C=O) groups is 2. The third-order valence-corrected chi connectivity index (χ3v) is 6.65. The number of thioether (sulfide) groups is 1. The van der Waals surface area contributed by atoms with Crippen LogP contribution in [-0.4, -0.2) is 76.2 Å². The molecule has 0 radical (unpaired) electrons. The van der Waals surface area contributed by atoms with Crippen LogP contribution >= 0.6 is 11.8 Å². The van der Waals surface area contributed by atoms with Crippen LogP contribution in [0.25, 0.3) is 0 Å². The van der Waals surface area contributed by atoms with Gasteiger partial charge < -0.3 is 14.5 Å². The first kappa shape index (κ1) is 23.0. The number of nitrogens with zero attached hydrogens (tertiary/aromatic N) is 4. The van der Waals surface area contributed by atoms with Gasteiger partial charge in [-0.3, -0.25) is 9.59 Å². The number of aromatic nitrogens is 2. The van der Waals surface area contributed by atoms with Gasteiger partial charge in [-0.2, -0.15) is 0 Å². The van der Waals surface area contributed by atoms with Gasteiger partial charge in [0, 0.05) is 49.9 Å². The van der Waals surface area contributed by atoms with Crippen LogP contribution in [-0.2, 0) is 20.7 Å². The summed E-state index contributed by atoms with van der Waals surface area (Å²) in [5.74, 6) is 0.396. The molecule has 2 amide bonds. The Bertz CT molecular complexity index is 747. The molecule has 0 bridgehead atoms. The highest BCUT2D eigenvalue weighted by Crippen LogP contribution is 2.23. The average Bonchev–Trinajstić information content (AvgIpc) is 2.71. The lowest BCUT2D eigenvalue weighted by molar-refractivity contribution is -0.150. The molecule has 3 rings (SSSR count). The molecule has 1 aromatic heterocycles. The van der Waals surface area contributed by atoms with Gasteiger partial charge in [-0.25, -0.2) is 9.97 Å². The Morgan fingerprint density at radius 3 is 2.13 bits per heavy atom. The van der Waals surface area contributed by atoms with Crippen molar-refractivity contribution in [3.8, 4) is 0 Å². The minimum atomic E-state index is 0.0172. The second-order valence-corrected chi connectivity index (χ2v) is 9.29. The van der Waals surface area contributed by atoms with Crippen molar-refractivity contribution in [3.63, 3.8) is 0 Å². The van der Waals surface area contributed by atoms with Crippen LogP contribution in [0.5, 0.6) is 0 Å². The predicted octanol–water partition coefficient (Wildman–Crippen LogP) is 2.62. The second-order valence-electron chi connectivity index (χ2n) is 8.52. The molecule has 2 aliphatic heterocycles. The lowest BCUT2D eigenvalue weighted by Crippen LogP contribution is -2.51. The number of hydrogen-bond donors (Lipinski definition) is 0. The van der Waals surface area contributed by atoms with E-state index in [1.54, 1.807) is 0 Å². The zero-order chi connectivity index (χ0) is 21.8. The normalized spacial score (nSPS) is 23.0. The van der Waals surface area contributed by atoms with Gasteiger partial charge in [-0.15, -0.1) is 0 Å². The van der Waals surface area contributed by atoms with Crippen LogP contribution in [0.15, 0.2) is 5.16 Å². The van der Waals surface area contributed by atoms with E-state index in [1.807, 2.05) is 43.8 Å². The number of aryl methyl sites for hydroxylation is 2. The van der Waals surface area contributed by atoms with Gasteiger partial charge in [0.1, 0.15) is 0 Å². The number of morpholine rings is 1. The molecule has 166 valence electrons. The summed E-state index contributed by atoms with van der Waals surface area (Å²) in [6, 6.07) is 0. The van der Waals surface area contributed by atoms with Crippen LogP contribution < -0.4 is 0 Å². The molecule has 0 aromatic carbocycles. The third kappa shape index (κ3) is 5.52. The highest BCUT2D eigenvalue weighted by molar-refractivity contribution is 7.98. The molecule has 2 aliphatic rings. The summed E-state index contributed by atoms with van der Waals surface area (Å²) in [5, 5.41) is 0.774. The van der Waals surface area contributed by atoms with Crippen molar-refractivity contribution in [2.75, 3.05) is 32.4 Å². The summed E-state index contributed by atoms with van der Waals surface area (Å²) < 4.78 is 5.74. The van der Waals surface area contributed by atoms with Crippen molar-refractivity contribution in [2.45, 2.75) is 70.7 Å². The number of piperidine rings is 1. The highest BCUT2D eigenvalue weighted by atomic mass is 32.2. The van der Waals surface area contributed by atoms with Crippen molar-refractivity contribution in [1.82, 2.24) is 19.8 Å². The molecule has 0 aliphatic carbocycles. The monoisotopic (exact) mass is 434 g/mol. The van der Waals surface area contributed by atoms with E-state index in [-0.39, 0.29) is 29.9 Å². The molecule has 1 aromatic rings. The standard InChI is InChI=1S/C22H34N4O3S/c1-14-12-26(13-15(2)29-14)21(28)18-8-10-25(11-9-18)20(27)7-6-19-16(3)23-22(30-5)24-17(19)4/h14-15,18H,6-13H2,1-5H3. The van der Waals surface area contributed by atoms with E-state index in [0.29, 0.717) is 39.0 Å². The van der Waals surface area contributed by atoms with E-state index in [4.69, 9.17) is 4.74 Å². The van der Waals surface area contributed by atoms with Crippen LogP contribution in [0.1, 0.15) is 50.1 Å². The van der Waals surface area contributed by atoms with E-state index in [0.717, 1.165) is 34.9 Å². The summed E-state index contributed by atoms with van der Waals surface area (Å²) in [6.45, 7) is 10.6. The zero-order valence-corrected chi connectivity index (χ0v) is 19.6. The fourth-order valence-electron chi connectivity index (χ4n) is 4.54. The Kier molecular flexibility index (Phi) is 7.74. The summed E-state index contributed by atoms with van der Waals surface area (Å²) in [4.78, 5) is 38.5. The molecule has 2 fully saturated rings. The SMILES string of the molecule is CSc1nc(C)c(CCC(=O)N2CCC(C(=O)N3CC(C)OC(C)C3)CC2)c(C)n1. The Balaban J connectivity index is 1.49. The first-order chi connectivity index (χ1) is 14.3. The second kappa shape index (κ2) is 10.1. The smallest absolute Gasteiger partial charge is 0.225 e. The van der Waals surface area contributed by atoms with E-state index in [2.05, 4.69) is 9.97 Å². The zero-order valence-electron chi connectivity index (χ0n) is 18.8. The van der Waals surface area contributed by atoms with Gasteiger partial charge >= 0.3 is 0 Å². The van der Waals surface area contributed by atoms with Crippen LogP contribution in [0.2, 0.25) is 0 Å². The van der Waals surface area contributed by atoms with E-state index < -0.39 is 0 Å². The molecule has 8 heteroatoms. The van der Waals surface area contributed by atoms with Gasteiger partial charge in [-0.05, 0) is 58.8 Å². The topological polar surface area (TPSA) is 75.6 Å². The Labute approximate surface area is 184 Å². The maximum absolute atomic E-state index is 12.9. The van der Waals surface area contributed by atoms with Crippen molar-refractivity contribution >= 4 is 23.6 Å². The van der Waals surface area contributed by atoms with Crippen LogP contribution in [0, 0.1) is 19.8 Å². The molecule has 7 nitrogen and oxygen atoms in total. The minimum Gasteiger partial charge on any atom is -0.372 e. The summed E-state index contributed by atoms with van der Waals surface area (Å²) in [6.07, 6.45) is 4.74. The highest BCUT2D eigenvalue weighted by Gasteiger charge is 2.33. The quantitative estimate of drug-likeness (QED) is 0.524. The number of rotatable bonds is 5. The van der Waals surface area contributed by atoms with Crippen molar-refractivity contribution in [1.29, 1.82) is 0 Å². The summed E-state index contributed by atoms with van der Waals surface area (Å²) in [5.41, 5.74) is 2.98. The minimum absolute atomic E-state index is 0.0172. The van der Waals surface area contributed by atoms with Crippen molar-refractivity contribution in [2.24, 2.45) is 5.92 Å². The van der Waals surface area contributed by atoms with Gasteiger partial charge in [0.2, 0.25) is 11.8 Å². The van der Waals surface area contributed by atoms with Gasteiger partial charge in [-0.1, -0.05) is 11.8 Å². The number of hydrogen-bond acceptors (Lipinski definition) is 6. The number of amides is 2. The maximum Gasteiger partial charge on any atom is 0.225 e. The number of carbonyl (C=O) groups excluding carboxylic acids is 2. The van der Waals surface area contributed by atoms with Crippen molar-refractivity contribution < 1.29 is 14.3 Å². The molecule has 2 atom stereocenters. The summed E-state index contributed by atoms with van der Waals surface area (Å²) >= 11 is 1.53. The molecule has 0 spiro atoms. The van der Waals surface area contributed by atoms with Crippen LogP contribution in [0.3, 0.4) is 0 Å². The van der Waals surface area contributed by atoms with Crippen LogP contribution in [0.4, 0.5) is 0 Å². The maximum atomic E-state index is 12.9. The van der Waals surface area contributed by atoms with Crippen molar-refractivity contribution in [3.05, 3.63) is 17.0 Å². The van der Waals surface area contributed by atoms with Gasteiger partial charge in [0.15, 0.2) is 5.16 Å². The molecular formula is C22H34N4O3S. The van der Waals surface area contributed by atoms with Gasteiger partial charge in [0.25, 0.3) is 0 Å². The van der Waals surface area contributed by atoms with E-state index in [1.165, 1.54) is 11.8 Å². The number of likely N-dealkylation sites (tertiary alicyclic amines) is 1. The molecule has 2 saturated heterocycles. The Morgan fingerprint density at radius 2 is 1.60 bits per heavy atom. The molecule has 3 heterocycles. The predicted molar refractivity (Wildman–Crippen MR) is 118 cm³/mol. The average molecular weight is 435 g/mol. The molecular weight excluding hydrogens is 400 g/mol. The van der Waals surface area contributed by atoms with Gasteiger partial charge in [0.05, 0.1) is 12.2 Å². The molecule has 0 N–H and O–H groups in total. The molecule has 0 saturated carbocycles. The Morgan fingerprint density at radius 1 is 1.03 bits per heavy atom. The van der Waals surface area contributed by atoms with E-state index in [9.17, 15) is 9.59 Å². The molecule has 2 unspecified atom stereocenters. The fraction of sp³-hybridized carbons (Fsp3) is 0.727. The Hall–Kier alpha value is -1.67.